The van der Waals surface area contributed by atoms with E-state index < -0.39 is 23.3 Å². The van der Waals surface area contributed by atoms with Gasteiger partial charge in [0.25, 0.3) is 0 Å². The lowest BCUT2D eigenvalue weighted by molar-refractivity contribution is -0.141. The summed E-state index contributed by atoms with van der Waals surface area (Å²) in [5.41, 5.74) is 0.641. The number of para-hydroxylation sites is 1. The Morgan fingerprint density at radius 3 is 2.23 bits per heavy atom. The molecular formula is C38H51N3O6. The largest absolute Gasteiger partial charge is 0.491 e. The van der Waals surface area contributed by atoms with Gasteiger partial charge in [-0.1, -0.05) is 66.7 Å². The van der Waals surface area contributed by atoms with E-state index in [-0.39, 0.29) is 25.0 Å². The SMILES string of the molecule is CN(CCc1ccccc1OCCO)C(=O)[C@@H](Cc1ccc2ccccc2c1)N(C)C(=O)C=CCC(C)(C)N(C)C(=O)OC(C)(C)C. The van der Waals surface area contributed by atoms with Crippen molar-refractivity contribution >= 4 is 28.7 Å². The van der Waals surface area contributed by atoms with Crippen LogP contribution >= 0.6 is 0 Å². The summed E-state index contributed by atoms with van der Waals surface area (Å²) in [4.78, 5) is 44.9. The summed E-state index contributed by atoms with van der Waals surface area (Å²) in [6, 6.07) is 21.0. The molecule has 0 aliphatic carbocycles. The Balaban J connectivity index is 1.79. The number of benzene rings is 3. The van der Waals surface area contributed by atoms with Crippen LogP contribution in [0.15, 0.2) is 78.9 Å². The van der Waals surface area contributed by atoms with Gasteiger partial charge >= 0.3 is 6.09 Å². The molecule has 9 nitrogen and oxygen atoms in total. The number of carbonyl (C=O) groups excluding carboxylic acids is 3. The molecule has 254 valence electrons. The van der Waals surface area contributed by atoms with E-state index in [2.05, 4.69) is 6.07 Å². The van der Waals surface area contributed by atoms with Crippen molar-refractivity contribution in [2.45, 2.75) is 71.1 Å². The van der Waals surface area contributed by atoms with Crippen LogP contribution in [0.5, 0.6) is 5.75 Å². The van der Waals surface area contributed by atoms with Crippen LogP contribution in [-0.2, 0) is 27.2 Å². The number of hydrogen-bond donors (Lipinski definition) is 1. The average Bonchev–Trinajstić information content (AvgIpc) is 3.03. The van der Waals surface area contributed by atoms with E-state index in [1.54, 1.807) is 32.1 Å². The number of hydrogen-bond acceptors (Lipinski definition) is 6. The molecule has 0 heterocycles. The van der Waals surface area contributed by atoms with Crippen LogP contribution in [0.2, 0.25) is 0 Å². The number of ether oxygens (including phenoxy) is 2. The zero-order valence-electron chi connectivity index (χ0n) is 29.2. The zero-order chi connectivity index (χ0) is 34.8. The normalized spacial score (nSPS) is 12.5. The highest BCUT2D eigenvalue weighted by molar-refractivity contribution is 5.93. The Bertz CT molecular complexity index is 1540. The molecule has 3 rings (SSSR count). The Hall–Kier alpha value is -4.37. The molecule has 0 unspecified atom stereocenters. The molecule has 0 aliphatic rings. The second kappa shape index (κ2) is 16.5. The molecule has 1 atom stereocenters. The van der Waals surface area contributed by atoms with E-state index in [1.807, 2.05) is 95.3 Å². The molecule has 0 aromatic heterocycles. The second-order valence-electron chi connectivity index (χ2n) is 13.5. The van der Waals surface area contributed by atoms with E-state index in [1.165, 1.54) is 15.9 Å². The Morgan fingerprint density at radius 1 is 0.894 bits per heavy atom. The van der Waals surface area contributed by atoms with Crippen molar-refractivity contribution in [1.82, 2.24) is 14.7 Å². The minimum Gasteiger partial charge on any atom is -0.491 e. The van der Waals surface area contributed by atoms with Crippen LogP contribution in [0.25, 0.3) is 10.8 Å². The molecule has 47 heavy (non-hydrogen) atoms. The van der Waals surface area contributed by atoms with Gasteiger partial charge in [0.1, 0.15) is 24.0 Å². The number of likely N-dealkylation sites (N-methyl/N-ethyl adjacent to an activating group) is 2. The maximum atomic E-state index is 14.0. The molecule has 0 spiro atoms. The van der Waals surface area contributed by atoms with Crippen molar-refractivity contribution in [2.75, 3.05) is 40.9 Å². The van der Waals surface area contributed by atoms with Gasteiger partial charge in [0.15, 0.2) is 0 Å². The molecule has 0 bridgehead atoms. The fourth-order valence-corrected chi connectivity index (χ4v) is 5.07. The van der Waals surface area contributed by atoms with Gasteiger partial charge in [0.05, 0.1) is 6.61 Å². The van der Waals surface area contributed by atoms with E-state index in [0.717, 1.165) is 21.9 Å². The summed E-state index contributed by atoms with van der Waals surface area (Å²) in [5.74, 6) is 0.185. The van der Waals surface area contributed by atoms with Crippen molar-refractivity contribution in [3.05, 3.63) is 90.0 Å². The highest BCUT2D eigenvalue weighted by Crippen LogP contribution is 2.23. The number of amides is 3. The lowest BCUT2D eigenvalue weighted by Crippen LogP contribution is -2.49. The van der Waals surface area contributed by atoms with E-state index in [9.17, 15) is 19.5 Å². The van der Waals surface area contributed by atoms with Gasteiger partial charge in [-0.2, -0.15) is 0 Å². The van der Waals surface area contributed by atoms with E-state index in [0.29, 0.717) is 31.6 Å². The van der Waals surface area contributed by atoms with Gasteiger partial charge in [-0.15, -0.1) is 0 Å². The number of aliphatic hydroxyl groups is 1. The summed E-state index contributed by atoms with van der Waals surface area (Å²) >= 11 is 0. The van der Waals surface area contributed by atoms with Gasteiger partial charge in [0.2, 0.25) is 11.8 Å². The van der Waals surface area contributed by atoms with Crippen LogP contribution in [-0.4, -0.2) is 95.8 Å². The molecule has 0 aliphatic heterocycles. The maximum absolute atomic E-state index is 14.0. The third-order valence-corrected chi connectivity index (χ3v) is 8.21. The number of aliphatic hydroxyl groups excluding tert-OH is 1. The molecule has 3 aromatic carbocycles. The predicted octanol–water partition coefficient (Wildman–Crippen LogP) is 5.87. The third kappa shape index (κ3) is 10.8. The topological polar surface area (TPSA) is 99.6 Å². The van der Waals surface area contributed by atoms with Crippen molar-refractivity contribution in [2.24, 2.45) is 0 Å². The Labute approximate surface area is 279 Å². The lowest BCUT2D eigenvalue weighted by Gasteiger charge is -2.36. The fraction of sp³-hybridized carbons (Fsp3) is 0.447. The predicted molar refractivity (Wildman–Crippen MR) is 186 cm³/mol. The van der Waals surface area contributed by atoms with Gasteiger partial charge in [-0.05, 0) is 81.5 Å². The molecule has 9 heteroatoms. The highest BCUT2D eigenvalue weighted by atomic mass is 16.6. The number of rotatable bonds is 14. The number of nitrogens with zero attached hydrogens (tertiary/aromatic N) is 3. The smallest absolute Gasteiger partial charge is 0.410 e. The van der Waals surface area contributed by atoms with Crippen molar-refractivity contribution in [3.8, 4) is 5.75 Å². The number of carbonyl (C=O) groups is 3. The molecule has 1 N–H and O–H groups in total. The van der Waals surface area contributed by atoms with Crippen LogP contribution in [0.1, 0.15) is 52.2 Å². The molecule has 0 fully saturated rings. The fourth-order valence-electron chi connectivity index (χ4n) is 5.07. The standard InChI is InChI=1S/C38H51N3O6/c1-37(2,3)47-36(45)41(8)38(4,5)22-13-18-34(43)40(7)32(27-28-19-20-29-14-9-10-16-31(29)26-28)35(44)39(6)23-21-30-15-11-12-17-33(30)46-25-24-42/h9-20,26,32,42H,21-25,27H2,1-8H3/t32-/m1/s1. The highest BCUT2D eigenvalue weighted by Gasteiger charge is 2.31. The summed E-state index contributed by atoms with van der Waals surface area (Å²) in [6.07, 6.45) is 4.07. The van der Waals surface area contributed by atoms with Crippen molar-refractivity contribution in [3.63, 3.8) is 0 Å². The first-order valence-corrected chi connectivity index (χ1v) is 16.1. The van der Waals surface area contributed by atoms with Gasteiger partial charge < -0.3 is 29.3 Å². The average molecular weight is 646 g/mol. The van der Waals surface area contributed by atoms with Crippen LogP contribution in [0.3, 0.4) is 0 Å². The molecule has 3 aromatic rings. The van der Waals surface area contributed by atoms with E-state index in [4.69, 9.17) is 9.47 Å². The van der Waals surface area contributed by atoms with Gasteiger partial charge in [0, 0.05) is 39.6 Å². The minimum atomic E-state index is -0.753. The first-order valence-electron chi connectivity index (χ1n) is 16.1. The summed E-state index contributed by atoms with van der Waals surface area (Å²) < 4.78 is 11.2. The first kappa shape index (κ1) is 37.1. The van der Waals surface area contributed by atoms with Crippen molar-refractivity contribution < 1.29 is 29.0 Å². The molecule has 0 radical (unpaired) electrons. The van der Waals surface area contributed by atoms with Crippen LogP contribution in [0, 0.1) is 0 Å². The van der Waals surface area contributed by atoms with Crippen LogP contribution < -0.4 is 4.74 Å². The Morgan fingerprint density at radius 2 is 1.55 bits per heavy atom. The quantitative estimate of drug-likeness (QED) is 0.220. The summed E-state index contributed by atoms with van der Waals surface area (Å²) in [6.45, 7) is 9.78. The third-order valence-electron chi connectivity index (χ3n) is 8.21. The first-order chi connectivity index (χ1) is 22.1. The monoisotopic (exact) mass is 645 g/mol. The molecule has 3 amide bonds. The summed E-state index contributed by atoms with van der Waals surface area (Å²) in [5, 5.41) is 11.4. The molecule has 0 saturated carbocycles. The van der Waals surface area contributed by atoms with Crippen molar-refractivity contribution in [1.29, 1.82) is 0 Å². The van der Waals surface area contributed by atoms with Gasteiger partial charge in [-0.25, -0.2) is 4.79 Å². The van der Waals surface area contributed by atoms with Crippen LogP contribution in [0.4, 0.5) is 4.79 Å². The minimum absolute atomic E-state index is 0.0874. The Kier molecular flexibility index (Phi) is 13.0. The second-order valence-corrected chi connectivity index (χ2v) is 13.5. The molecule has 0 saturated heterocycles. The maximum Gasteiger partial charge on any atom is 0.410 e. The van der Waals surface area contributed by atoms with E-state index >= 15 is 0 Å². The zero-order valence-corrected chi connectivity index (χ0v) is 29.2. The van der Waals surface area contributed by atoms with Gasteiger partial charge in [-0.3, -0.25) is 9.59 Å². The number of fused-ring (bicyclic) bond motifs is 1. The lowest BCUT2D eigenvalue weighted by atomic mass is 9.98. The molecular weight excluding hydrogens is 594 g/mol. The summed E-state index contributed by atoms with van der Waals surface area (Å²) in [7, 11) is 5.08.